The summed E-state index contributed by atoms with van der Waals surface area (Å²) < 4.78 is 5.14. The predicted octanol–water partition coefficient (Wildman–Crippen LogP) is 4.02. The van der Waals surface area contributed by atoms with Gasteiger partial charge in [-0.3, -0.25) is 14.9 Å². The van der Waals surface area contributed by atoms with Gasteiger partial charge in [-0.25, -0.2) is 4.79 Å². The van der Waals surface area contributed by atoms with Gasteiger partial charge in [0.2, 0.25) is 0 Å². The van der Waals surface area contributed by atoms with E-state index >= 15 is 0 Å². The Kier molecular flexibility index (Phi) is 7.48. The molecule has 0 radical (unpaired) electrons. The Morgan fingerprint density at radius 2 is 1.52 bits per heavy atom. The van der Waals surface area contributed by atoms with E-state index in [1.165, 1.54) is 18.2 Å². The monoisotopic (exact) mass is 418 g/mol. The zero-order valence-corrected chi connectivity index (χ0v) is 16.8. The van der Waals surface area contributed by atoms with E-state index in [1.54, 1.807) is 4.90 Å². The molecule has 3 aromatic rings. The molecule has 0 unspecified atom stereocenters. The number of esters is 1. The first-order chi connectivity index (χ1) is 15.0. The fourth-order valence-electron chi connectivity index (χ4n) is 3.05. The number of carbonyl (C=O) groups excluding carboxylic acids is 2. The van der Waals surface area contributed by atoms with Crippen LogP contribution in [-0.4, -0.2) is 34.9 Å². The van der Waals surface area contributed by atoms with Crippen LogP contribution in [-0.2, 0) is 22.5 Å². The number of nitro groups is 1. The van der Waals surface area contributed by atoms with E-state index in [9.17, 15) is 19.7 Å². The van der Waals surface area contributed by atoms with Gasteiger partial charge in [0.05, 0.1) is 10.5 Å². The zero-order chi connectivity index (χ0) is 22.1. The lowest BCUT2D eigenvalue weighted by Crippen LogP contribution is -2.35. The van der Waals surface area contributed by atoms with Crippen molar-refractivity contribution in [2.24, 2.45) is 0 Å². The summed E-state index contributed by atoms with van der Waals surface area (Å²) in [7, 11) is 0. The van der Waals surface area contributed by atoms with Gasteiger partial charge in [0.25, 0.3) is 11.6 Å². The summed E-state index contributed by atoms with van der Waals surface area (Å²) >= 11 is 0. The van der Waals surface area contributed by atoms with Crippen LogP contribution in [0.25, 0.3) is 0 Å². The number of non-ortho nitro benzene ring substituents is 1. The van der Waals surface area contributed by atoms with E-state index < -0.39 is 17.5 Å². The average molecular weight is 418 g/mol. The SMILES string of the molecule is O=C(OCC(=O)N(CCc1ccccc1)Cc1ccccc1)c1cccc([N+](=O)[O-])c1. The van der Waals surface area contributed by atoms with Crippen LogP contribution >= 0.6 is 0 Å². The van der Waals surface area contributed by atoms with Crippen molar-refractivity contribution in [2.45, 2.75) is 13.0 Å². The van der Waals surface area contributed by atoms with E-state index in [2.05, 4.69) is 0 Å². The minimum Gasteiger partial charge on any atom is -0.452 e. The molecule has 0 fully saturated rings. The van der Waals surface area contributed by atoms with Crippen LogP contribution in [0.1, 0.15) is 21.5 Å². The Hall–Kier alpha value is -4.00. The van der Waals surface area contributed by atoms with Crippen molar-refractivity contribution < 1.29 is 19.2 Å². The number of nitro benzene ring substituents is 1. The third-order valence-corrected chi connectivity index (χ3v) is 4.70. The first kappa shape index (κ1) is 21.7. The van der Waals surface area contributed by atoms with Gasteiger partial charge in [-0.15, -0.1) is 0 Å². The van der Waals surface area contributed by atoms with E-state index in [0.717, 1.165) is 17.2 Å². The van der Waals surface area contributed by atoms with Gasteiger partial charge in [0.1, 0.15) is 0 Å². The Morgan fingerprint density at radius 3 is 2.16 bits per heavy atom. The number of hydrogen-bond acceptors (Lipinski definition) is 5. The van der Waals surface area contributed by atoms with Gasteiger partial charge in [-0.1, -0.05) is 66.7 Å². The molecule has 7 heteroatoms. The quantitative estimate of drug-likeness (QED) is 0.297. The summed E-state index contributed by atoms with van der Waals surface area (Å²) in [5.74, 6) is -1.11. The van der Waals surface area contributed by atoms with Crippen molar-refractivity contribution in [1.82, 2.24) is 4.90 Å². The van der Waals surface area contributed by atoms with Gasteiger partial charge in [0, 0.05) is 25.2 Å². The van der Waals surface area contributed by atoms with Crippen molar-refractivity contribution in [3.05, 3.63) is 112 Å². The lowest BCUT2D eigenvalue weighted by molar-refractivity contribution is -0.384. The summed E-state index contributed by atoms with van der Waals surface area (Å²) in [5.41, 5.74) is 1.88. The molecule has 0 spiro atoms. The van der Waals surface area contributed by atoms with E-state index in [-0.39, 0.29) is 17.2 Å². The highest BCUT2D eigenvalue weighted by Crippen LogP contribution is 2.14. The standard InChI is InChI=1S/C24H22N2O5/c27-23(18-31-24(28)21-12-7-13-22(16-21)26(29)30)25(17-20-10-5-2-6-11-20)15-14-19-8-3-1-4-9-19/h1-13,16H,14-15,17-18H2. The minimum atomic E-state index is -0.778. The topological polar surface area (TPSA) is 89.8 Å². The third-order valence-electron chi connectivity index (χ3n) is 4.70. The second-order valence-electron chi connectivity index (χ2n) is 6.92. The molecule has 0 bridgehead atoms. The Bertz CT molecular complexity index is 1040. The molecule has 3 rings (SSSR count). The lowest BCUT2D eigenvalue weighted by Gasteiger charge is -2.23. The predicted molar refractivity (Wildman–Crippen MR) is 115 cm³/mol. The molecule has 0 atom stereocenters. The van der Waals surface area contributed by atoms with Crippen molar-refractivity contribution in [3.63, 3.8) is 0 Å². The fourth-order valence-corrected chi connectivity index (χ4v) is 3.05. The van der Waals surface area contributed by atoms with Crippen LogP contribution in [0.15, 0.2) is 84.9 Å². The molecule has 7 nitrogen and oxygen atoms in total. The van der Waals surface area contributed by atoms with Gasteiger partial charge >= 0.3 is 5.97 Å². The average Bonchev–Trinajstić information content (AvgIpc) is 2.81. The maximum atomic E-state index is 12.8. The van der Waals surface area contributed by atoms with Crippen molar-refractivity contribution in [1.29, 1.82) is 0 Å². The number of benzene rings is 3. The molecule has 158 valence electrons. The van der Waals surface area contributed by atoms with E-state index in [4.69, 9.17) is 4.74 Å². The highest BCUT2D eigenvalue weighted by molar-refractivity contribution is 5.91. The second kappa shape index (κ2) is 10.7. The molecular weight excluding hydrogens is 396 g/mol. The Balaban J connectivity index is 1.64. The lowest BCUT2D eigenvalue weighted by atomic mass is 10.1. The number of nitrogens with zero attached hydrogens (tertiary/aromatic N) is 2. The van der Waals surface area contributed by atoms with Crippen LogP contribution in [0.3, 0.4) is 0 Å². The van der Waals surface area contributed by atoms with Gasteiger partial charge < -0.3 is 9.64 Å². The van der Waals surface area contributed by atoms with Crippen LogP contribution < -0.4 is 0 Å². The molecule has 0 heterocycles. The molecule has 1 amide bonds. The van der Waals surface area contributed by atoms with Crippen LogP contribution in [0.2, 0.25) is 0 Å². The third kappa shape index (κ3) is 6.50. The minimum absolute atomic E-state index is 0.0286. The molecule has 0 aliphatic heterocycles. The Labute approximate surface area is 180 Å². The van der Waals surface area contributed by atoms with Crippen LogP contribution in [0, 0.1) is 10.1 Å². The summed E-state index contributed by atoms with van der Waals surface area (Å²) in [6, 6.07) is 24.6. The van der Waals surface area contributed by atoms with Crippen molar-refractivity contribution in [2.75, 3.05) is 13.2 Å². The Morgan fingerprint density at radius 1 is 0.871 bits per heavy atom. The normalized spacial score (nSPS) is 10.3. The summed E-state index contributed by atoms with van der Waals surface area (Å²) in [5, 5.41) is 10.9. The highest BCUT2D eigenvalue weighted by atomic mass is 16.6. The van der Waals surface area contributed by atoms with E-state index in [1.807, 2.05) is 60.7 Å². The molecule has 0 aliphatic rings. The molecule has 0 N–H and O–H groups in total. The first-order valence-corrected chi connectivity index (χ1v) is 9.80. The summed E-state index contributed by atoms with van der Waals surface area (Å²) in [4.78, 5) is 37.0. The van der Waals surface area contributed by atoms with E-state index in [0.29, 0.717) is 19.5 Å². The molecule has 0 saturated heterocycles. The maximum Gasteiger partial charge on any atom is 0.338 e. The fraction of sp³-hybridized carbons (Fsp3) is 0.167. The van der Waals surface area contributed by atoms with Gasteiger partial charge in [-0.2, -0.15) is 0 Å². The van der Waals surface area contributed by atoms with Gasteiger partial charge in [-0.05, 0) is 23.6 Å². The smallest absolute Gasteiger partial charge is 0.338 e. The summed E-state index contributed by atoms with van der Waals surface area (Å²) in [6.45, 7) is 0.413. The molecule has 0 aliphatic carbocycles. The second-order valence-corrected chi connectivity index (χ2v) is 6.92. The number of carbonyl (C=O) groups is 2. The molecule has 0 saturated carbocycles. The number of amides is 1. The molecule has 0 aromatic heterocycles. The van der Waals surface area contributed by atoms with Gasteiger partial charge in [0.15, 0.2) is 6.61 Å². The molecular formula is C24H22N2O5. The first-order valence-electron chi connectivity index (χ1n) is 9.80. The van der Waals surface area contributed by atoms with Crippen LogP contribution in [0.4, 0.5) is 5.69 Å². The number of rotatable bonds is 9. The maximum absolute atomic E-state index is 12.8. The zero-order valence-electron chi connectivity index (χ0n) is 16.8. The van der Waals surface area contributed by atoms with Crippen LogP contribution in [0.5, 0.6) is 0 Å². The van der Waals surface area contributed by atoms with Crippen molar-refractivity contribution >= 4 is 17.6 Å². The largest absolute Gasteiger partial charge is 0.452 e. The molecule has 31 heavy (non-hydrogen) atoms. The number of hydrogen-bond donors (Lipinski definition) is 0. The van der Waals surface area contributed by atoms with Crippen molar-refractivity contribution in [3.8, 4) is 0 Å². The molecule has 3 aromatic carbocycles. The number of ether oxygens (including phenoxy) is 1. The summed E-state index contributed by atoms with van der Waals surface area (Å²) in [6.07, 6.45) is 0.665. The highest BCUT2D eigenvalue weighted by Gasteiger charge is 2.18.